The molecule has 0 N–H and O–H groups in total. The van der Waals surface area contributed by atoms with E-state index in [-0.39, 0.29) is 24.1 Å². The highest BCUT2D eigenvalue weighted by Crippen LogP contribution is 2.35. The molecule has 5 nitrogen and oxygen atoms in total. The van der Waals surface area contributed by atoms with Gasteiger partial charge in [0.1, 0.15) is 0 Å². The van der Waals surface area contributed by atoms with Gasteiger partial charge in [0.15, 0.2) is 6.23 Å². The van der Waals surface area contributed by atoms with E-state index in [0.29, 0.717) is 12.2 Å². The van der Waals surface area contributed by atoms with Gasteiger partial charge in [-0.15, -0.1) is 0 Å². The molecule has 0 amide bonds. The highest BCUT2D eigenvalue weighted by molar-refractivity contribution is 5.93. The molecule has 112 valence electrons. The van der Waals surface area contributed by atoms with E-state index in [1.165, 1.54) is 0 Å². The topological polar surface area (TPSA) is 55.8 Å². The Labute approximate surface area is 123 Å². The number of benzene rings is 1. The number of fused-ring (bicyclic) bond motifs is 1. The fraction of sp³-hybridized carbons (Fsp3) is 0.500. The standard InChI is InChI=1S/C16H19NO4/c1-2-20-15(18)11-7-9-17(10-8-11)14-12-5-3-4-6-13(12)16(19)21-14/h3-6,11,14H,2,7-10H2,1H3/t14-/m1/s1. The first-order chi connectivity index (χ1) is 10.2. The molecule has 0 unspecified atom stereocenters. The van der Waals surface area contributed by atoms with Crippen LogP contribution in [0.5, 0.6) is 0 Å². The van der Waals surface area contributed by atoms with E-state index in [4.69, 9.17) is 9.47 Å². The summed E-state index contributed by atoms with van der Waals surface area (Å²) >= 11 is 0. The van der Waals surface area contributed by atoms with E-state index in [1.54, 1.807) is 6.07 Å². The minimum atomic E-state index is -0.308. The van der Waals surface area contributed by atoms with Crippen molar-refractivity contribution in [2.45, 2.75) is 26.0 Å². The van der Waals surface area contributed by atoms with Crippen molar-refractivity contribution in [2.75, 3.05) is 19.7 Å². The number of carbonyl (C=O) groups excluding carboxylic acids is 2. The van der Waals surface area contributed by atoms with Crippen LogP contribution in [0.1, 0.15) is 41.9 Å². The van der Waals surface area contributed by atoms with Crippen LogP contribution in [0.15, 0.2) is 24.3 Å². The van der Waals surface area contributed by atoms with Gasteiger partial charge in [-0.25, -0.2) is 4.79 Å². The Bertz CT molecular complexity index is 549. The van der Waals surface area contributed by atoms with Gasteiger partial charge >= 0.3 is 11.9 Å². The second kappa shape index (κ2) is 5.85. The van der Waals surface area contributed by atoms with Crippen molar-refractivity contribution < 1.29 is 19.1 Å². The first-order valence-corrected chi connectivity index (χ1v) is 7.41. The fourth-order valence-corrected chi connectivity index (χ4v) is 3.03. The Morgan fingerprint density at radius 1 is 1.33 bits per heavy atom. The number of piperidine rings is 1. The normalized spacial score (nSPS) is 22.7. The second-order valence-electron chi connectivity index (χ2n) is 5.41. The number of ether oxygens (including phenoxy) is 2. The Hall–Kier alpha value is -1.88. The van der Waals surface area contributed by atoms with Crippen LogP contribution in [-0.2, 0) is 14.3 Å². The van der Waals surface area contributed by atoms with Crippen molar-refractivity contribution in [3.05, 3.63) is 35.4 Å². The quantitative estimate of drug-likeness (QED) is 0.798. The molecule has 5 heteroatoms. The molecule has 1 aromatic rings. The maximum absolute atomic E-state index is 11.9. The molecule has 3 rings (SSSR count). The number of hydrogen-bond donors (Lipinski definition) is 0. The summed E-state index contributed by atoms with van der Waals surface area (Å²) in [5.74, 6) is -0.405. The lowest BCUT2D eigenvalue weighted by atomic mass is 9.96. The highest BCUT2D eigenvalue weighted by Gasteiger charge is 2.37. The van der Waals surface area contributed by atoms with Gasteiger partial charge in [0.25, 0.3) is 0 Å². The first-order valence-electron chi connectivity index (χ1n) is 7.41. The Balaban J connectivity index is 1.66. The third kappa shape index (κ3) is 2.65. The number of rotatable bonds is 3. The van der Waals surface area contributed by atoms with E-state index in [9.17, 15) is 9.59 Å². The molecule has 0 bridgehead atoms. The lowest BCUT2D eigenvalue weighted by Crippen LogP contribution is -2.39. The Morgan fingerprint density at radius 3 is 2.76 bits per heavy atom. The molecule has 2 aliphatic rings. The van der Waals surface area contributed by atoms with Gasteiger partial charge in [0, 0.05) is 18.7 Å². The lowest BCUT2D eigenvalue weighted by Gasteiger charge is -2.34. The van der Waals surface area contributed by atoms with Gasteiger partial charge in [-0.2, -0.15) is 0 Å². The minimum absolute atomic E-state index is 0.0338. The largest absolute Gasteiger partial charge is 0.466 e. The third-order valence-electron chi connectivity index (χ3n) is 4.15. The van der Waals surface area contributed by atoms with E-state index in [0.717, 1.165) is 31.5 Å². The lowest BCUT2D eigenvalue weighted by molar-refractivity contribution is -0.150. The maximum atomic E-state index is 11.9. The molecule has 0 aromatic heterocycles. The number of esters is 2. The molecule has 2 aliphatic heterocycles. The van der Waals surface area contributed by atoms with Crippen LogP contribution in [0.4, 0.5) is 0 Å². The molecule has 1 aromatic carbocycles. The van der Waals surface area contributed by atoms with E-state index >= 15 is 0 Å². The van der Waals surface area contributed by atoms with Crippen LogP contribution < -0.4 is 0 Å². The molecule has 0 aliphatic carbocycles. The van der Waals surface area contributed by atoms with Crippen LogP contribution >= 0.6 is 0 Å². The molecule has 21 heavy (non-hydrogen) atoms. The zero-order valence-corrected chi connectivity index (χ0v) is 12.1. The fourth-order valence-electron chi connectivity index (χ4n) is 3.03. The molecular formula is C16H19NO4. The van der Waals surface area contributed by atoms with E-state index < -0.39 is 0 Å². The maximum Gasteiger partial charge on any atom is 0.340 e. The van der Waals surface area contributed by atoms with Crippen LogP contribution in [-0.4, -0.2) is 36.5 Å². The van der Waals surface area contributed by atoms with Gasteiger partial charge in [0.05, 0.1) is 18.1 Å². The summed E-state index contributed by atoms with van der Waals surface area (Å²) in [5, 5.41) is 0. The van der Waals surface area contributed by atoms with Gasteiger partial charge < -0.3 is 9.47 Å². The second-order valence-corrected chi connectivity index (χ2v) is 5.41. The zero-order chi connectivity index (χ0) is 14.8. The summed E-state index contributed by atoms with van der Waals surface area (Å²) in [7, 11) is 0. The van der Waals surface area contributed by atoms with Crippen molar-refractivity contribution in [3.8, 4) is 0 Å². The highest BCUT2D eigenvalue weighted by atomic mass is 16.6. The smallest absolute Gasteiger partial charge is 0.340 e. The number of cyclic esters (lactones) is 1. The Morgan fingerprint density at radius 2 is 2.05 bits per heavy atom. The molecule has 1 saturated heterocycles. The number of likely N-dealkylation sites (tertiary alicyclic amines) is 1. The first kappa shape index (κ1) is 14.1. The molecule has 0 saturated carbocycles. The van der Waals surface area contributed by atoms with E-state index in [1.807, 2.05) is 25.1 Å². The summed E-state index contributed by atoms with van der Waals surface area (Å²) in [6.07, 6.45) is 1.18. The summed E-state index contributed by atoms with van der Waals surface area (Å²) in [5.41, 5.74) is 1.58. The van der Waals surface area contributed by atoms with Crippen molar-refractivity contribution in [1.29, 1.82) is 0 Å². The summed E-state index contributed by atoms with van der Waals surface area (Å²) < 4.78 is 10.6. The predicted molar refractivity (Wildman–Crippen MR) is 75.5 cm³/mol. The summed E-state index contributed by atoms with van der Waals surface area (Å²) in [4.78, 5) is 25.7. The summed E-state index contributed by atoms with van der Waals surface area (Å²) in [6, 6.07) is 7.49. The average molecular weight is 289 g/mol. The molecule has 0 spiro atoms. The molecule has 1 fully saturated rings. The molecule has 2 heterocycles. The third-order valence-corrected chi connectivity index (χ3v) is 4.15. The van der Waals surface area contributed by atoms with Gasteiger partial charge in [-0.05, 0) is 25.8 Å². The molecular weight excluding hydrogens is 270 g/mol. The van der Waals surface area contributed by atoms with Gasteiger partial charge in [0.2, 0.25) is 0 Å². The van der Waals surface area contributed by atoms with Crippen molar-refractivity contribution in [3.63, 3.8) is 0 Å². The van der Waals surface area contributed by atoms with Crippen molar-refractivity contribution >= 4 is 11.9 Å². The number of nitrogens with zero attached hydrogens (tertiary/aromatic N) is 1. The summed E-state index contributed by atoms with van der Waals surface area (Å²) in [6.45, 7) is 3.71. The number of carbonyl (C=O) groups is 2. The predicted octanol–water partition coefficient (Wildman–Crippen LogP) is 2.13. The monoisotopic (exact) mass is 289 g/mol. The zero-order valence-electron chi connectivity index (χ0n) is 12.1. The van der Waals surface area contributed by atoms with Crippen LogP contribution in [0, 0.1) is 5.92 Å². The van der Waals surface area contributed by atoms with Crippen molar-refractivity contribution in [1.82, 2.24) is 4.90 Å². The average Bonchev–Trinajstić information content (AvgIpc) is 2.85. The Kier molecular flexibility index (Phi) is 3.92. The SMILES string of the molecule is CCOC(=O)C1CCN([C@@H]2OC(=O)c3ccccc32)CC1. The van der Waals surface area contributed by atoms with Crippen LogP contribution in [0.25, 0.3) is 0 Å². The van der Waals surface area contributed by atoms with E-state index in [2.05, 4.69) is 4.90 Å². The van der Waals surface area contributed by atoms with Crippen LogP contribution in [0.2, 0.25) is 0 Å². The number of hydrogen-bond acceptors (Lipinski definition) is 5. The minimum Gasteiger partial charge on any atom is -0.466 e. The van der Waals surface area contributed by atoms with Crippen LogP contribution in [0.3, 0.4) is 0 Å². The van der Waals surface area contributed by atoms with Gasteiger partial charge in [-0.3, -0.25) is 9.69 Å². The van der Waals surface area contributed by atoms with Gasteiger partial charge in [-0.1, -0.05) is 18.2 Å². The molecule has 0 radical (unpaired) electrons. The molecule has 1 atom stereocenters. The van der Waals surface area contributed by atoms with Crippen molar-refractivity contribution in [2.24, 2.45) is 5.92 Å².